The first kappa shape index (κ1) is 19.1. The summed E-state index contributed by atoms with van der Waals surface area (Å²) in [4.78, 5) is 0.293. The summed E-state index contributed by atoms with van der Waals surface area (Å²) in [7, 11) is 0. The molecule has 0 N–H and O–H groups in total. The van der Waals surface area contributed by atoms with Crippen molar-refractivity contribution in [2.45, 2.75) is 50.3 Å². The number of benzene rings is 1. The molecule has 0 heterocycles. The predicted molar refractivity (Wildman–Crippen MR) is 72.5 cm³/mol. The van der Waals surface area contributed by atoms with Crippen molar-refractivity contribution in [2.75, 3.05) is 6.61 Å². The zero-order valence-electron chi connectivity index (χ0n) is 11.9. The zero-order chi connectivity index (χ0) is 13.2. The van der Waals surface area contributed by atoms with Crippen LogP contribution in [0.15, 0.2) is 29.2 Å². The molecule has 0 bridgehead atoms. The first-order chi connectivity index (χ1) is 8.74. The molecule has 102 valence electrons. The maximum atomic E-state index is 10.7. The Labute approximate surface area is 140 Å². The Bertz CT molecular complexity index is 354. The minimum atomic E-state index is -2.15. The third-order valence-electron chi connectivity index (χ3n) is 2.78. The molecule has 1 aromatic carbocycles. The van der Waals surface area contributed by atoms with Crippen molar-refractivity contribution in [2.24, 2.45) is 0 Å². The summed E-state index contributed by atoms with van der Waals surface area (Å²) >= 11 is -2.15. The number of hydrogen-bond donors (Lipinski definition) is 0. The van der Waals surface area contributed by atoms with E-state index in [1.165, 1.54) is 32.1 Å². The van der Waals surface area contributed by atoms with Gasteiger partial charge in [-0.05, 0) is 41.8 Å². The van der Waals surface area contributed by atoms with Gasteiger partial charge in [0.05, 0.1) is 6.61 Å². The molecule has 0 amide bonds. The molecule has 0 fully saturated rings. The predicted octanol–water partition coefficient (Wildman–Crippen LogP) is 0.668. The second kappa shape index (κ2) is 11.9. The van der Waals surface area contributed by atoms with Gasteiger partial charge in [0.15, 0.2) is 0 Å². The van der Waals surface area contributed by atoms with Gasteiger partial charge in [-0.1, -0.05) is 39.0 Å². The summed E-state index contributed by atoms with van der Waals surface area (Å²) in [6, 6.07) is 6.50. The van der Waals surface area contributed by atoms with E-state index in [-0.39, 0.29) is 29.6 Å². The van der Waals surface area contributed by atoms with E-state index in [2.05, 4.69) is 6.92 Å². The third kappa shape index (κ3) is 8.82. The molecule has 1 aromatic rings. The number of hydrogen-bond acceptors (Lipinski definition) is 3. The van der Waals surface area contributed by atoms with E-state index >= 15 is 0 Å². The number of unbranched alkanes of at least 4 members (excludes halogenated alkanes) is 5. The molecule has 0 saturated carbocycles. The average molecular weight is 292 g/mol. The molecule has 0 spiro atoms. The maximum absolute atomic E-state index is 10.7. The Morgan fingerprint density at radius 2 is 1.63 bits per heavy atom. The fourth-order valence-corrected chi connectivity index (χ4v) is 2.08. The molecule has 5 heteroatoms. The van der Waals surface area contributed by atoms with Gasteiger partial charge in [0.25, 0.3) is 0 Å². The van der Waals surface area contributed by atoms with Crippen LogP contribution in [0.25, 0.3) is 0 Å². The third-order valence-corrected chi connectivity index (χ3v) is 3.44. The molecule has 1 unspecified atom stereocenters. The minimum Gasteiger partial charge on any atom is -0.768 e. The van der Waals surface area contributed by atoms with Gasteiger partial charge in [0.2, 0.25) is 0 Å². The van der Waals surface area contributed by atoms with Gasteiger partial charge in [0.1, 0.15) is 5.75 Å². The van der Waals surface area contributed by atoms with Crippen molar-refractivity contribution >= 4 is 11.1 Å². The van der Waals surface area contributed by atoms with Crippen molar-refractivity contribution in [3.05, 3.63) is 24.3 Å². The molecule has 0 radical (unpaired) electrons. The van der Waals surface area contributed by atoms with Crippen LogP contribution in [0.1, 0.15) is 45.4 Å². The molecule has 0 aliphatic heterocycles. The SMILES string of the molecule is CCCCCCCCOc1ccc(S(=O)[O-])cc1.[Na+]. The molecular weight excluding hydrogens is 271 g/mol. The first-order valence-corrected chi connectivity index (χ1v) is 7.63. The Morgan fingerprint density at radius 1 is 1.05 bits per heavy atom. The van der Waals surface area contributed by atoms with Gasteiger partial charge in [-0.2, -0.15) is 0 Å². The smallest absolute Gasteiger partial charge is 0.768 e. The summed E-state index contributed by atoms with van der Waals surface area (Å²) in [5.41, 5.74) is 0. The Kier molecular flexibility index (Phi) is 12.0. The Hall–Kier alpha value is 0.130. The van der Waals surface area contributed by atoms with Crippen LogP contribution in [-0.4, -0.2) is 15.4 Å². The molecular formula is C14H21NaO3S. The second-order valence-corrected chi connectivity index (χ2v) is 5.26. The normalized spacial score (nSPS) is 11.7. The van der Waals surface area contributed by atoms with Gasteiger partial charge in [-0.25, -0.2) is 0 Å². The van der Waals surface area contributed by atoms with Crippen molar-refractivity contribution in [3.8, 4) is 5.75 Å². The van der Waals surface area contributed by atoms with Crippen LogP contribution < -0.4 is 34.3 Å². The van der Waals surface area contributed by atoms with Crippen LogP contribution in [0.2, 0.25) is 0 Å². The summed E-state index contributed by atoms with van der Waals surface area (Å²) in [5.74, 6) is 0.734. The standard InChI is InChI=1S/C14H22O3S.Na/c1-2-3-4-5-6-7-12-17-13-8-10-14(11-9-13)18(15)16;/h8-11H,2-7,12H2,1H3,(H,15,16);/q;+1/p-1. The van der Waals surface area contributed by atoms with Gasteiger partial charge < -0.3 is 9.29 Å². The molecule has 1 rings (SSSR count). The van der Waals surface area contributed by atoms with Crippen LogP contribution in [-0.2, 0) is 11.1 Å². The molecule has 19 heavy (non-hydrogen) atoms. The fraction of sp³-hybridized carbons (Fsp3) is 0.571. The summed E-state index contributed by atoms with van der Waals surface area (Å²) in [5, 5.41) is 0. The molecule has 0 saturated heterocycles. The van der Waals surface area contributed by atoms with Gasteiger partial charge in [0, 0.05) is 4.90 Å². The van der Waals surface area contributed by atoms with Crippen LogP contribution in [0.4, 0.5) is 0 Å². The van der Waals surface area contributed by atoms with E-state index in [1.54, 1.807) is 24.3 Å². The fourth-order valence-electron chi connectivity index (χ4n) is 1.72. The van der Waals surface area contributed by atoms with E-state index in [0.29, 0.717) is 11.5 Å². The Morgan fingerprint density at radius 3 is 2.21 bits per heavy atom. The van der Waals surface area contributed by atoms with Gasteiger partial charge >= 0.3 is 29.6 Å². The molecule has 0 aliphatic rings. The second-order valence-electron chi connectivity index (χ2n) is 4.32. The van der Waals surface area contributed by atoms with Crippen LogP contribution in [0.3, 0.4) is 0 Å². The molecule has 0 aliphatic carbocycles. The quantitative estimate of drug-likeness (QED) is 0.382. The van der Waals surface area contributed by atoms with Crippen molar-refractivity contribution < 1.29 is 43.1 Å². The monoisotopic (exact) mass is 292 g/mol. The van der Waals surface area contributed by atoms with E-state index in [1.807, 2.05) is 0 Å². The average Bonchev–Trinajstić information content (AvgIpc) is 2.38. The summed E-state index contributed by atoms with van der Waals surface area (Å²) in [6.45, 7) is 2.91. The molecule has 0 aromatic heterocycles. The molecule has 3 nitrogen and oxygen atoms in total. The van der Waals surface area contributed by atoms with E-state index in [0.717, 1.165) is 12.2 Å². The van der Waals surface area contributed by atoms with E-state index in [9.17, 15) is 8.76 Å². The Balaban J connectivity index is 0.00000324. The zero-order valence-corrected chi connectivity index (χ0v) is 14.7. The summed E-state index contributed by atoms with van der Waals surface area (Å²) in [6.07, 6.45) is 7.41. The molecule has 1 atom stereocenters. The van der Waals surface area contributed by atoms with Gasteiger partial charge in [-0.3, -0.25) is 4.21 Å². The number of ether oxygens (including phenoxy) is 1. The van der Waals surface area contributed by atoms with Crippen molar-refractivity contribution in [1.82, 2.24) is 0 Å². The van der Waals surface area contributed by atoms with Crippen LogP contribution >= 0.6 is 0 Å². The maximum Gasteiger partial charge on any atom is 1.00 e. The van der Waals surface area contributed by atoms with E-state index < -0.39 is 11.1 Å². The summed E-state index contributed by atoms with van der Waals surface area (Å²) < 4.78 is 26.9. The van der Waals surface area contributed by atoms with Crippen LogP contribution in [0.5, 0.6) is 5.75 Å². The minimum absolute atomic E-state index is 0. The van der Waals surface area contributed by atoms with Gasteiger partial charge in [-0.15, -0.1) is 0 Å². The first-order valence-electron chi connectivity index (χ1n) is 6.56. The van der Waals surface area contributed by atoms with E-state index in [4.69, 9.17) is 4.74 Å². The number of rotatable bonds is 9. The van der Waals surface area contributed by atoms with Crippen molar-refractivity contribution in [3.63, 3.8) is 0 Å². The topological polar surface area (TPSA) is 49.4 Å². The largest absolute Gasteiger partial charge is 1.00 e. The van der Waals surface area contributed by atoms with Crippen molar-refractivity contribution in [1.29, 1.82) is 0 Å². The van der Waals surface area contributed by atoms with Crippen LogP contribution in [0, 0.1) is 0 Å².